The highest BCUT2D eigenvalue weighted by atomic mass is 35.5. The molecule has 1 aromatic carbocycles. The van der Waals surface area contributed by atoms with Gasteiger partial charge in [-0.05, 0) is 30.5 Å². The van der Waals surface area contributed by atoms with Crippen molar-refractivity contribution < 1.29 is 14.7 Å². The predicted octanol–water partition coefficient (Wildman–Crippen LogP) is 2.56. The van der Waals surface area contributed by atoms with Crippen molar-refractivity contribution in [3.05, 3.63) is 34.3 Å². The molecule has 0 aliphatic rings. The molecular weight excluding hydrogens is 216 g/mol. The molecule has 0 aromatic heterocycles. The van der Waals surface area contributed by atoms with Gasteiger partial charge in [0.05, 0.1) is 5.56 Å². The maximum Gasteiger partial charge on any atom is 0.335 e. The Morgan fingerprint density at radius 1 is 1.47 bits per heavy atom. The lowest BCUT2D eigenvalue weighted by Gasteiger charge is -2.03. The maximum atomic E-state index is 10.6. The molecule has 0 unspecified atom stereocenters. The van der Waals surface area contributed by atoms with Gasteiger partial charge in [0.2, 0.25) is 0 Å². The molecule has 1 rings (SSSR count). The van der Waals surface area contributed by atoms with E-state index in [2.05, 4.69) is 0 Å². The fraction of sp³-hybridized carbons (Fsp3) is 0.273. The summed E-state index contributed by atoms with van der Waals surface area (Å²) in [6.45, 7) is 0. The number of carbonyl (C=O) groups excluding carboxylic acids is 1. The molecule has 0 saturated carbocycles. The molecule has 0 heterocycles. The molecule has 15 heavy (non-hydrogen) atoms. The second-order valence-electron chi connectivity index (χ2n) is 3.17. The van der Waals surface area contributed by atoms with Crippen LogP contribution in [0.25, 0.3) is 0 Å². The smallest absolute Gasteiger partial charge is 0.335 e. The zero-order valence-corrected chi connectivity index (χ0v) is 8.83. The first kappa shape index (κ1) is 11.7. The van der Waals surface area contributed by atoms with E-state index in [0.717, 1.165) is 18.3 Å². The molecule has 0 saturated heterocycles. The van der Waals surface area contributed by atoms with Gasteiger partial charge < -0.3 is 9.90 Å². The fourth-order valence-electron chi connectivity index (χ4n) is 1.26. The van der Waals surface area contributed by atoms with Crippen molar-refractivity contribution in [1.29, 1.82) is 0 Å². The summed E-state index contributed by atoms with van der Waals surface area (Å²) in [5, 5.41) is 9.15. The first-order chi connectivity index (χ1) is 7.15. The average Bonchev–Trinajstić information content (AvgIpc) is 2.20. The van der Waals surface area contributed by atoms with Gasteiger partial charge in [-0.1, -0.05) is 17.7 Å². The number of carbonyl (C=O) groups is 2. The first-order valence-corrected chi connectivity index (χ1v) is 4.98. The summed E-state index contributed by atoms with van der Waals surface area (Å²) >= 11 is 5.90. The number of halogens is 1. The number of unbranched alkanes of at least 4 members (excludes halogenated alkanes) is 1. The molecule has 0 radical (unpaired) electrons. The Morgan fingerprint density at radius 2 is 2.20 bits per heavy atom. The zero-order valence-electron chi connectivity index (χ0n) is 8.07. The van der Waals surface area contributed by atoms with Crippen LogP contribution in [0, 0.1) is 0 Å². The third-order valence-electron chi connectivity index (χ3n) is 2.07. The van der Waals surface area contributed by atoms with Crippen molar-refractivity contribution >= 4 is 23.9 Å². The number of rotatable bonds is 5. The normalized spacial score (nSPS) is 9.93. The molecule has 0 spiro atoms. The van der Waals surface area contributed by atoms with Gasteiger partial charge in [0, 0.05) is 11.4 Å². The van der Waals surface area contributed by atoms with Gasteiger partial charge in [0.25, 0.3) is 0 Å². The molecule has 0 amide bonds. The lowest BCUT2D eigenvalue weighted by molar-refractivity contribution is -0.107. The van der Waals surface area contributed by atoms with Crippen LogP contribution < -0.4 is 0 Å². The minimum atomic E-state index is -0.989. The fourth-order valence-corrected chi connectivity index (χ4v) is 1.53. The highest BCUT2D eigenvalue weighted by Gasteiger charge is 2.06. The molecular formula is C11H11ClO3. The highest BCUT2D eigenvalue weighted by molar-refractivity contribution is 6.31. The summed E-state index contributed by atoms with van der Waals surface area (Å²) < 4.78 is 0. The van der Waals surface area contributed by atoms with E-state index in [1.807, 2.05) is 0 Å². The Kier molecular flexibility index (Phi) is 4.31. The highest BCUT2D eigenvalue weighted by Crippen LogP contribution is 2.19. The van der Waals surface area contributed by atoms with Crippen LogP contribution in [0.4, 0.5) is 0 Å². The number of aromatic carboxylic acids is 1. The lowest BCUT2D eigenvalue weighted by Crippen LogP contribution is -1.97. The summed E-state index contributed by atoms with van der Waals surface area (Å²) in [5.74, 6) is -0.989. The average molecular weight is 227 g/mol. The van der Waals surface area contributed by atoms with E-state index >= 15 is 0 Å². The third kappa shape index (κ3) is 3.36. The van der Waals surface area contributed by atoms with Gasteiger partial charge in [-0.25, -0.2) is 4.79 Å². The largest absolute Gasteiger partial charge is 0.478 e. The standard InChI is InChI=1S/C11H11ClO3/c12-10-7-9(11(14)15)5-4-8(10)3-1-2-6-13/h4-7H,1-3H2,(H,14,15). The van der Waals surface area contributed by atoms with Crippen molar-refractivity contribution in [3.8, 4) is 0 Å². The minimum absolute atomic E-state index is 0.180. The topological polar surface area (TPSA) is 54.4 Å². The Balaban J connectivity index is 2.74. The van der Waals surface area contributed by atoms with Crippen molar-refractivity contribution in [3.63, 3.8) is 0 Å². The molecule has 0 aliphatic carbocycles. The second-order valence-corrected chi connectivity index (χ2v) is 3.58. The van der Waals surface area contributed by atoms with Crippen molar-refractivity contribution in [2.45, 2.75) is 19.3 Å². The molecule has 0 bridgehead atoms. The molecule has 0 atom stereocenters. The van der Waals surface area contributed by atoms with Crippen LogP contribution >= 0.6 is 11.6 Å². The van der Waals surface area contributed by atoms with Crippen molar-refractivity contribution in [1.82, 2.24) is 0 Å². The Labute approximate surface area is 92.7 Å². The van der Waals surface area contributed by atoms with Crippen molar-refractivity contribution in [2.24, 2.45) is 0 Å². The SMILES string of the molecule is O=CCCCc1ccc(C(=O)O)cc1Cl. The predicted molar refractivity (Wildman–Crippen MR) is 57.4 cm³/mol. The van der Waals surface area contributed by atoms with E-state index in [0.29, 0.717) is 17.9 Å². The van der Waals surface area contributed by atoms with Crippen LogP contribution in [0.5, 0.6) is 0 Å². The Hall–Kier alpha value is -1.35. The Morgan fingerprint density at radius 3 is 2.73 bits per heavy atom. The quantitative estimate of drug-likeness (QED) is 0.620. The summed E-state index contributed by atoms with van der Waals surface area (Å²) in [6, 6.07) is 4.64. The molecule has 80 valence electrons. The van der Waals surface area contributed by atoms with Gasteiger partial charge in [-0.2, -0.15) is 0 Å². The minimum Gasteiger partial charge on any atom is -0.478 e. The van der Waals surface area contributed by atoms with Crippen LogP contribution in [0.2, 0.25) is 5.02 Å². The van der Waals surface area contributed by atoms with E-state index in [9.17, 15) is 9.59 Å². The number of hydrogen-bond acceptors (Lipinski definition) is 2. The lowest BCUT2D eigenvalue weighted by atomic mass is 10.1. The van der Waals surface area contributed by atoms with E-state index in [-0.39, 0.29) is 5.56 Å². The zero-order chi connectivity index (χ0) is 11.3. The number of carboxylic acids is 1. The van der Waals surface area contributed by atoms with Gasteiger partial charge in [0.1, 0.15) is 6.29 Å². The summed E-state index contributed by atoms with van der Waals surface area (Å²) in [6.07, 6.45) is 2.78. The third-order valence-corrected chi connectivity index (χ3v) is 2.42. The molecule has 0 aliphatic heterocycles. The van der Waals surface area contributed by atoms with Gasteiger partial charge in [-0.3, -0.25) is 0 Å². The molecule has 1 aromatic rings. The molecule has 1 N–H and O–H groups in total. The van der Waals surface area contributed by atoms with Crippen LogP contribution in [0.3, 0.4) is 0 Å². The number of aryl methyl sites for hydroxylation is 1. The van der Waals surface area contributed by atoms with Crippen LogP contribution in [-0.2, 0) is 11.2 Å². The molecule has 4 heteroatoms. The van der Waals surface area contributed by atoms with Crippen LogP contribution in [-0.4, -0.2) is 17.4 Å². The first-order valence-electron chi connectivity index (χ1n) is 4.60. The molecule has 3 nitrogen and oxygen atoms in total. The van der Waals surface area contributed by atoms with Crippen molar-refractivity contribution in [2.75, 3.05) is 0 Å². The maximum absolute atomic E-state index is 10.6. The molecule has 0 fully saturated rings. The van der Waals surface area contributed by atoms with Gasteiger partial charge in [0.15, 0.2) is 0 Å². The number of carboxylic acid groups (broad SMARTS) is 1. The van der Waals surface area contributed by atoms with E-state index in [1.165, 1.54) is 12.1 Å². The summed E-state index contributed by atoms with van der Waals surface area (Å²) in [4.78, 5) is 20.7. The Bertz CT molecular complexity index is 374. The monoisotopic (exact) mass is 226 g/mol. The summed E-state index contributed by atoms with van der Waals surface area (Å²) in [5.41, 5.74) is 1.06. The van der Waals surface area contributed by atoms with Gasteiger partial charge >= 0.3 is 5.97 Å². The van der Waals surface area contributed by atoms with Gasteiger partial charge in [-0.15, -0.1) is 0 Å². The summed E-state index contributed by atoms with van der Waals surface area (Å²) in [7, 11) is 0. The number of benzene rings is 1. The van der Waals surface area contributed by atoms with E-state index in [4.69, 9.17) is 16.7 Å². The van der Waals surface area contributed by atoms with Crippen LogP contribution in [0.15, 0.2) is 18.2 Å². The number of hydrogen-bond donors (Lipinski definition) is 1. The van der Waals surface area contributed by atoms with E-state index < -0.39 is 5.97 Å². The number of aldehydes is 1. The van der Waals surface area contributed by atoms with E-state index in [1.54, 1.807) is 6.07 Å². The second kappa shape index (κ2) is 5.51. The van der Waals surface area contributed by atoms with Crippen LogP contribution in [0.1, 0.15) is 28.8 Å².